The largest absolute Gasteiger partial charge is 0.469 e. The zero-order valence-electron chi connectivity index (χ0n) is 20.5. The van der Waals surface area contributed by atoms with Gasteiger partial charge in [-0.05, 0) is 71.0 Å². The zero-order chi connectivity index (χ0) is 24.5. The predicted molar refractivity (Wildman–Crippen MR) is 133 cm³/mol. The lowest BCUT2D eigenvalue weighted by atomic mass is 10.0. The van der Waals surface area contributed by atoms with Gasteiger partial charge in [-0.25, -0.2) is 9.48 Å². The summed E-state index contributed by atoms with van der Waals surface area (Å²) in [5, 5.41) is 4.90. The molecule has 0 unspecified atom stereocenters. The van der Waals surface area contributed by atoms with Gasteiger partial charge in [0.25, 0.3) is 0 Å². The summed E-state index contributed by atoms with van der Waals surface area (Å²) in [6, 6.07) is 12.1. The van der Waals surface area contributed by atoms with E-state index in [1.165, 1.54) is 0 Å². The molecule has 34 heavy (non-hydrogen) atoms. The van der Waals surface area contributed by atoms with Crippen molar-refractivity contribution in [2.24, 2.45) is 0 Å². The molecule has 0 bridgehead atoms. The molecule has 0 atom stereocenters. The van der Waals surface area contributed by atoms with Crippen LogP contribution in [0.2, 0.25) is 0 Å². The van der Waals surface area contributed by atoms with Gasteiger partial charge in [0.05, 0.1) is 18.5 Å². The molecule has 0 radical (unpaired) electrons. The molecule has 1 aliphatic heterocycles. The van der Waals surface area contributed by atoms with Gasteiger partial charge < -0.3 is 14.1 Å². The lowest BCUT2D eigenvalue weighted by Crippen LogP contribution is -2.47. The van der Waals surface area contributed by atoms with E-state index < -0.39 is 5.60 Å². The fourth-order valence-electron chi connectivity index (χ4n) is 4.22. The number of para-hydroxylation sites is 1. The van der Waals surface area contributed by atoms with E-state index in [0.29, 0.717) is 11.4 Å². The number of carbonyl (C=O) groups is 1. The molecular weight excluding hydrogens is 450 g/mol. The molecule has 1 fully saturated rings. The standard InChI is InChI=1S/C25H33N5O3S/c1-18-21(13-16-32-18)22-26-29(23(34)30(22)20-9-7-6-8-10-20)17-28-14-11-19(12-15-28)27(5)24(31)33-25(2,3)4/h6-10,13,16,19H,11-12,14-15,17H2,1-5H3. The molecule has 182 valence electrons. The van der Waals surface area contributed by atoms with Crippen LogP contribution in [0.25, 0.3) is 17.1 Å². The van der Waals surface area contributed by atoms with E-state index in [-0.39, 0.29) is 12.1 Å². The van der Waals surface area contributed by atoms with E-state index in [1.54, 1.807) is 11.2 Å². The first-order valence-electron chi connectivity index (χ1n) is 11.6. The highest BCUT2D eigenvalue weighted by atomic mass is 32.1. The molecule has 0 aliphatic carbocycles. The summed E-state index contributed by atoms with van der Waals surface area (Å²) in [6.45, 7) is 9.87. The Balaban J connectivity index is 1.50. The Morgan fingerprint density at radius 2 is 1.88 bits per heavy atom. The molecular formula is C25H33N5O3S. The lowest BCUT2D eigenvalue weighted by Gasteiger charge is -2.37. The Hall–Kier alpha value is -2.91. The molecule has 0 N–H and O–H groups in total. The maximum atomic E-state index is 12.4. The molecule has 3 aromatic rings. The van der Waals surface area contributed by atoms with Crippen LogP contribution in [0.5, 0.6) is 0 Å². The van der Waals surface area contributed by atoms with Crippen LogP contribution in [0.15, 0.2) is 47.1 Å². The number of benzene rings is 1. The van der Waals surface area contributed by atoms with Crippen LogP contribution in [0.4, 0.5) is 4.79 Å². The van der Waals surface area contributed by atoms with Crippen LogP contribution < -0.4 is 0 Å². The second-order valence-corrected chi connectivity index (χ2v) is 10.1. The fourth-order valence-corrected chi connectivity index (χ4v) is 4.51. The molecule has 3 heterocycles. The van der Waals surface area contributed by atoms with Crippen molar-refractivity contribution in [1.29, 1.82) is 0 Å². The van der Waals surface area contributed by atoms with Crippen molar-refractivity contribution in [2.45, 2.75) is 58.8 Å². The Morgan fingerprint density at radius 3 is 2.47 bits per heavy atom. The Labute approximate surface area is 205 Å². The van der Waals surface area contributed by atoms with E-state index in [9.17, 15) is 4.79 Å². The first kappa shape index (κ1) is 24.2. The summed E-state index contributed by atoms with van der Waals surface area (Å²) < 4.78 is 15.6. The van der Waals surface area contributed by atoms with Gasteiger partial charge in [0.15, 0.2) is 5.82 Å². The summed E-state index contributed by atoms with van der Waals surface area (Å²) >= 11 is 5.87. The Bertz CT molecular complexity index is 1180. The van der Waals surface area contributed by atoms with Gasteiger partial charge >= 0.3 is 6.09 Å². The highest BCUT2D eigenvalue weighted by molar-refractivity contribution is 7.71. The van der Waals surface area contributed by atoms with E-state index >= 15 is 0 Å². The summed E-state index contributed by atoms with van der Waals surface area (Å²) in [6.07, 6.45) is 3.15. The maximum Gasteiger partial charge on any atom is 0.410 e. The summed E-state index contributed by atoms with van der Waals surface area (Å²) in [7, 11) is 1.82. The third kappa shape index (κ3) is 5.26. The number of furan rings is 1. The van der Waals surface area contributed by atoms with Crippen molar-refractivity contribution in [3.05, 3.63) is 53.2 Å². The third-order valence-electron chi connectivity index (χ3n) is 6.07. The van der Waals surface area contributed by atoms with E-state index in [1.807, 2.05) is 80.4 Å². The van der Waals surface area contributed by atoms with Gasteiger partial charge in [-0.15, -0.1) is 5.10 Å². The number of ether oxygens (including phenoxy) is 1. The van der Waals surface area contributed by atoms with Crippen LogP contribution in [0.3, 0.4) is 0 Å². The van der Waals surface area contributed by atoms with Crippen LogP contribution >= 0.6 is 12.2 Å². The second kappa shape index (κ2) is 9.76. The van der Waals surface area contributed by atoms with Gasteiger partial charge in [0.2, 0.25) is 4.77 Å². The van der Waals surface area contributed by atoms with Crippen molar-refractivity contribution >= 4 is 18.3 Å². The smallest absolute Gasteiger partial charge is 0.410 e. The minimum atomic E-state index is -0.495. The van der Waals surface area contributed by atoms with E-state index in [4.69, 9.17) is 26.5 Å². The zero-order valence-corrected chi connectivity index (χ0v) is 21.3. The van der Waals surface area contributed by atoms with Crippen molar-refractivity contribution in [3.8, 4) is 17.1 Å². The van der Waals surface area contributed by atoms with Crippen LogP contribution in [0.1, 0.15) is 39.4 Å². The molecule has 1 saturated heterocycles. The van der Waals surface area contributed by atoms with E-state index in [0.717, 1.165) is 48.8 Å². The minimum absolute atomic E-state index is 0.157. The van der Waals surface area contributed by atoms with Gasteiger partial charge in [-0.3, -0.25) is 9.47 Å². The average molecular weight is 484 g/mol. The number of likely N-dealkylation sites (tertiary alicyclic amines) is 1. The number of carbonyl (C=O) groups excluding carboxylic acids is 1. The topological polar surface area (TPSA) is 68.7 Å². The summed E-state index contributed by atoms with van der Waals surface area (Å²) in [4.78, 5) is 16.5. The number of rotatable bonds is 5. The number of nitrogens with zero attached hydrogens (tertiary/aromatic N) is 5. The number of amides is 1. The maximum absolute atomic E-state index is 12.4. The normalized spacial score (nSPS) is 15.4. The number of hydrogen-bond acceptors (Lipinski definition) is 6. The fraction of sp³-hybridized carbons (Fsp3) is 0.480. The van der Waals surface area contributed by atoms with Crippen molar-refractivity contribution < 1.29 is 13.9 Å². The molecule has 1 aromatic carbocycles. The SMILES string of the molecule is Cc1occc1-c1nn(CN2CCC(N(C)C(=O)OC(C)(C)C)CC2)c(=S)n1-c1ccccc1. The van der Waals surface area contributed by atoms with E-state index in [2.05, 4.69) is 4.90 Å². The van der Waals surface area contributed by atoms with Gasteiger partial charge in [-0.2, -0.15) is 0 Å². The average Bonchev–Trinajstić information content (AvgIpc) is 3.36. The molecule has 9 heteroatoms. The third-order valence-corrected chi connectivity index (χ3v) is 6.47. The van der Waals surface area contributed by atoms with Gasteiger partial charge in [0.1, 0.15) is 11.4 Å². The predicted octanol–water partition coefficient (Wildman–Crippen LogP) is 5.26. The number of piperidine rings is 1. The number of aryl methyl sites for hydroxylation is 1. The van der Waals surface area contributed by atoms with Gasteiger partial charge in [0, 0.05) is 31.9 Å². The highest BCUT2D eigenvalue weighted by Gasteiger charge is 2.29. The van der Waals surface area contributed by atoms with Crippen molar-refractivity contribution in [2.75, 3.05) is 20.1 Å². The number of aromatic nitrogens is 3. The Kier molecular flexibility index (Phi) is 6.95. The van der Waals surface area contributed by atoms with Crippen LogP contribution in [-0.2, 0) is 11.4 Å². The van der Waals surface area contributed by atoms with Crippen LogP contribution in [0, 0.1) is 11.7 Å². The molecule has 4 rings (SSSR count). The molecule has 0 saturated carbocycles. The monoisotopic (exact) mass is 483 g/mol. The lowest BCUT2D eigenvalue weighted by molar-refractivity contribution is 0.0135. The summed E-state index contributed by atoms with van der Waals surface area (Å²) in [5.41, 5.74) is 1.39. The first-order valence-corrected chi connectivity index (χ1v) is 12.0. The highest BCUT2D eigenvalue weighted by Crippen LogP contribution is 2.27. The second-order valence-electron chi connectivity index (χ2n) is 9.75. The minimum Gasteiger partial charge on any atom is -0.469 e. The molecule has 8 nitrogen and oxygen atoms in total. The van der Waals surface area contributed by atoms with Crippen LogP contribution in [-0.4, -0.2) is 62.0 Å². The molecule has 2 aromatic heterocycles. The molecule has 1 amide bonds. The number of hydrogen-bond donors (Lipinski definition) is 0. The van der Waals surface area contributed by atoms with Gasteiger partial charge in [-0.1, -0.05) is 18.2 Å². The Morgan fingerprint density at radius 1 is 1.21 bits per heavy atom. The van der Waals surface area contributed by atoms with Crippen molar-refractivity contribution in [1.82, 2.24) is 24.1 Å². The quantitative estimate of drug-likeness (QED) is 0.461. The molecule has 0 spiro atoms. The molecule has 1 aliphatic rings. The first-order chi connectivity index (χ1) is 16.1. The van der Waals surface area contributed by atoms with Crippen molar-refractivity contribution in [3.63, 3.8) is 0 Å². The summed E-state index contributed by atoms with van der Waals surface area (Å²) in [5.74, 6) is 1.57.